The van der Waals surface area contributed by atoms with Crippen LogP contribution in [-0.4, -0.2) is 24.1 Å². The number of hydrogen-bond donors (Lipinski definition) is 2. The Morgan fingerprint density at radius 1 is 1.18 bits per heavy atom. The molecule has 0 bridgehead atoms. The van der Waals surface area contributed by atoms with Gasteiger partial charge in [-0.15, -0.1) is 0 Å². The number of para-hydroxylation sites is 1. The number of benzene rings is 1. The van der Waals surface area contributed by atoms with Crippen LogP contribution in [0.25, 0.3) is 11.2 Å². The van der Waals surface area contributed by atoms with E-state index < -0.39 is 6.04 Å². The van der Waals surface area contributed by atoms with Crippen molar-refractivity contribution in [3.05, 3.63) is 76.7 Å². The molecule has 0 aliphatic heterocycles. The quantitative estimate of drug-likeness (QED) is 0.560. The number of nitrogen functional groups attached to an aromatic ring is 1. The smallest absolute Gasteiger partial charge is 0.282 e. The number of fused-ring (bicyclic) bond motifs is 1. The summed E-state index contributed by atoms with van der Waals surface area (Å²) in [4.78, 5) is 21.1. The van der Waals surface area contributed by atoms with Gasteiger partial charge in [0.2, 0.25) is 0 Å². The zero-order valence-electron chi connectivity index (χ0n) is 14.9. The molecule has 138 valence electrons. The van der Waals surface area contributed by atoms with Crippen LogP contribution in [-0.2, 0) is 0 Å². The van der Waals surface area contributed by atoms with Crippen molar-refractivity contribution in [3.8, 4) is 11.8 Å². The Morgan fingerprint density at radius 2 is 1.96 bits per heavy atom. The van der Waals surface area contributed by atoms with Gasteiger partial charge in [-0.25, -0.2) is 14.5 Å². The van der Waals surface area contributed by atoms with Crippen molar-refractivity contribution >= 4 is 17.2 Å². The number of nitrogens with zero attached hydrogens (tertiary/aromatic N) is 6. The molecule has 0 saturated heterocycles. The molecule has 0 aliphatic rings. The van der Waals surface area contributed by atoms with Gasteiger partial charge in [-0.2, -0.15) is 10.4 Å². The maximum absolute atomic E-state index is 13.1. The summed E-state index contributed by atoms with van der Waals surface area (Å²) in [5.41, 5.74) is 6.86. The largest absolute Gasteiger partial charge is 0.382 e. The van der Waals surface area contributed by atoms with Crippen LogP contribution in [0.1, 0.15) is 24.4 Å². The molecule has 3 heterocycles. The molecule has 4 rings (SSSR count). The number of hydrogen-bond acceptors (Lipinski definition) is 7. The summed E-state index contributed by atoms with van der Waals surface area (Å²) in [7, 11) is 0. The first-order chi connectivity index (χ1) is 13.6. The molecular weight excluding hydrogens is 356 g/mol. The zero-order chi connectivity index (χ0) is 19.7. The predicted molar refractivity (Wildman–Crippen MR) is 104 cm³/mol. The summed E-state index contributed by atoms with van der Waals surface area (Å²) >= 11 is 0. The lowest BCUT2D eigenvalue weighted by molar-refractivity contribution is 0.672. The molecule has 4 aromatic rings. The molecule has 0 spiro atoms. The van der Waals surface area contributed by atoms with Crippen LogP contribution in [0.4, 0.5) is 11.6 Å². The highest BCUT2D eigenvalue weighted by atomic mass is 16.1. The van der Waals surface area contributed by atoms with Crippen LogP contribution >= 0.6 is 0 Å². The highest BCUT2D eigenvalue weighted by molar-refractivity contribution is 5.62. The first-order valence-corrected chi connectivity index (χ1v) is 8.53. The van der Waals surface area contributed by atoms with Gasteiger partial charge >= 0.3 is 0 Å². The molecule has 0 unspecified atom stereocenters. The summed E-state index contributed by atoms with van der Waals surface area (Å²) < 4.78 is 3.08. The molecule has 28 heavy (non-hydrogen) atoms. The SMILES string of the molecule is C[C@H](Nc1ncnc(N)c1C#N)c1nn2cccc2c(=O)n1-c1ccccc1. The van der Waals surface area contributed by atoms with Crippen LogP contribution < -0.4 is 16.6 Å². The van der Waals surface area contributed by atoms with Crippen LogP contribution in [0.15, 0.2) is 59.8 Å². The van der Waals surface area contributed by atoms with Gasteiger partial charge in [0.15, 0.2) is 5.82 Å². The number of rotatable bonds is 4. The van der Waals surface area contributed by atoms with Crippen molar-refractivity contribution < 1.29 is 0 Å². The monoisotopic (exact) mass is 372 g/mol. The number of nitrogens with one attached hydrogen (secondary N) is 1. The van der Waals surface area contributed by atoms with Gasteiger partial charge in [-0.1, -0.05) is 18.2 Å². The average molecular weight is 372 g/mol. The van der Waals surface area contributed by atoms with Crippen molar-refractivity contribution in [3.63, 3.8) is 0 Å². The lowest BCUT2D eigenvalue weighted by Crippen LogP contribution is -2.29. The Hall–Kier alpha value is -4.19. The molecule has 3 aromatic heterocycles. The third kappa shape index (κ3) is 2.83. The first kappa shape index (κ1) is 17.2. The minimum absolute atomic E-state index is 0.0847. The van der Waals surface area contributed by atoms with Crippen molar-refractivity contribution in [2.24, 2.45) is 0 Å². The number of anilines is 2. The minimum atomic E-state index is -0.457. The second kappa shape index (κ2) is 6.85. The zero-order valence-corrected chi connectivity index (χ0v) is 14.9. The molecule has 0 fully saturated rings. The van der Waals surface area contributed by atoms with Gasteiger partial charge in [0.05, 0.1) is 11.7 Å². The summed E-state index contributed by atoms with van der Waals surface area (Å²) in [6.07, 6.45) is 2.99. The van der Waals surface area contributed by atoms with E-state index in [4.69, 9.17) is 5.73 Å². The van der Waals surface area contributed by atoms with E-state index in [1.807, 2.05) is 43.3 Å². The fraction of sp³-hybridized carbons (Fsp3) is 0.105. The number of aromatic nitrogens is 5. The summed E-state index contributed by atoms with van der Waals surface area (Å²) in [6, 6.07) is 14.3. The Bertz CT molecular complexity index is 1250. The predicted octanol–water partition coefficient (Wildman–Crippen LogP) is 1.90. The lowest BCUT2D eigenvalue weighted by Gasteiger charge is -2.20. The topological polar surface area (TPSA) is 127 Å². The van der Waals surface area contributed by atoms with Crippen LogP contribution in [0.2, 0.25) is 0 Å². The molecule has 0 saturated carbocycles. The van der Waals surface area contributed by atoms with E-state index >= 15 is 0 Å². The Morgan fingerprint density at radius 3 is 2.71 bits per heavy atom. The van der Waals surface area contributed by atoms with Crippen LogP contribution in [0.5, 0.6) is 0 Å². The van der Waals surface area contributed by atoms with E-state index in [1.54, 1.807) is 22.9 Å². The number of nitriles is 1. The standard InChI is InChI=1S/C19H16N8O/c1-12(24-17-14(10-20)16(21)22-11-23-17)18-25-26-9-5-8-15(26)19(28)27(18)13-6-3-2-4-7-13/h2-9,11-12H,1H3,(H3,21,22,23,24)/t12-/m0/s1. The second-order valence-corrected chi connectivity index (χ2v) is 6.13. The van der Waals surface area contributed by atoms with Crippen molar-refractivity contribution in [1.82, 2.24) is 24.1 Å². The van der Waals surface area contributed by atoms with E-state index in [-0.39, 0.29) is 22.8 Å². The summed E-state index contributed by atoms with van der Waals surface area (Å²) in [5, 5.41) is 17.1. The van der Waals surface area contributed by atoms with Crippen LogP contribution in [0.3, 0.4) is 0 Å². The Labute approximate surface area is 159 Å². The van der Waals surface area contributed by atoms with Crippen molar-refractivity contribution in [2.45, 2.75) is 13.0 Å². The fourth-order valence-corrected chi connectivity index (χ4v) is 3.00. The average Bonchev–Trinajstić information content (AvgIpc) is 3.18. The maximum atomic E-state index is 13.1. The van der Waals surface area contributed by atoms with Crippen LogP contribution in [0, 0.1) is 11.3 Å². The normalized spacial score (nSPS) is 11.9. The maximum Gasteiger partial charge on any atom is 0.282 e. The van der Waals surface area contributed by atoms with E-state index in [9.17, 15) is 10.1 Å². The molecule has 9 heteroatoms. The summed E-state index contributed by atoms with van der Waals surface area (Å²) in [6.45, 7) is 1.83. The van der Waals surface area contributed by atoms with E-state index in [0.29, 0.717) is 17.0 Å². The molecule has 3 N–H and O–H groups in total. The second-order valence-electron chi connectivity index (χ2n) is 6.13. The van der Waals surface area contributed by atoms with Gasteiger partial charge < -0.3 is 11.1 Å². The first-order valence-electron chi connectivity index (χ1n) is 8.53. The highest BCUT2D eigenvalue weighted by Gasteiger charge is 2.20. The minimum Gasteiger partial charge on any atom is -0.382 e. The molecule has 0 radical (unpaired) electrons. The third-order valence-corrected chi connectivity index (χ3v) is 4.33. The number of nitrogens with two attached hydrogens (primary N) is 1. The van der Waals surface area contributed by atoms with Gasteiger partial charge in [-0.3, -0.25) is 9.36 Å². The molecule has 0 amide bonds. The molecular formula is C19H16N8O. The van der Waals surface area contributed by atoms with E-state index in [0.717, 1.165) is 0 Å². The molecule has 9 nitrogen and oxygen atoms in total. The van der Waals surface area contributed by atoms with Crippen molar-refractivity contribution in [1.29, 1.82) is 5.26 Å². The third-order valence-electron chi connectivity index (χ3n) is 4.33. The Balaban J connectivity index is 1.88. The van der Waals surface area contributed by atoms with Gasteiger partial charge in [0.1, 0.15) is 35.1 Å². The molecule has 1 aromatic carbocycles. The van der Waals surface area contributed by atoms with Gasteiger partial charge in [0.25, 0.3) is 5.56 Å². The van der Waals surface area contributed by atoms with E-state index in [1.165, 1.54) is 10.8 Å². The molecule has 1 atom stereocenters. The summed E-state index contributed by atoms with van der Waals surface area (Å²) in [5.74, 6) is 0.825. The van der Waals surface area contributed by atoms with Gasteiger partial charge in [0, 0.05) is 6.20 Å². The fourth-order valence-electron chi connectivity index (χ4n) is 3.00. The lowest BCUT2D eigenvalue weighted by atomic mass is 10.2. The van der Waals surface area contributed by atoms with Crippen molar-refractivity contribution in [2.75, 3.05) is 11.1 Å². The van der Waals surface area contributed by atoms with E-state index in [2.05, 4.69) is 20.4 Å². The van der Waals surface area contributed by atoms with Gasteiger partial charge in [-0.05, 0) is 31.2 Å². The highest BCUT2D eigenvalue weighted by Crippen LogP contribution is 2.22. The molecule has 0 aliphatic carbocycles. The Kier molecular flexibility index (Phi) is 4.21.